The molecule has 2 fully saturated rings. The quantitative estimate of drug-likeness (QED) is 0.768. The summed E-state index contributed by atoms with van der Waals surface area (Å²) in [6, 6.07) is 0. The molecule has 0 spiro atoms. The van der Waals surface area contributed by atoms with E-state index in [0.29, 0.717) is 6.42 Å². The van der Waals surface area contributed by atoms with E-state index >= 15 is 0 Å². The number of alkyl halides is 1. The predicted molar refractivity (Wildman–Crippen MR) is 56.5 cm³/mol. The van der Waals surface area contributed by atoms with Crippen molar-refractivity contribution >= 4 is 0 Å². The summed E-state index contributed by atoms with van der Waals surface area (Å²) in [5.41, 5.74) is 0. The van der Waals surface area contributed by atoms with Gasteiger partial charge in [-0.25, -0.2) is 4.39 Å². The number of rotatable bonds is 2. The van der Waals surface area contributed by atoms with Crippen LogP contribution < -0.4 is 0 Å². The Balaban J connectivity index is 1.83. The Morgan fingerprint density at radius 1 is 0.867 bits per heavy atom. The maximum atomic E-state index is 13.5. The fourth-order valence-electron chi connectivity index (χ4n) is 2.67. The fourth-order valence-corrected chi connectivity index (χ4v) is 2.67. The number of aliphatic hydroxyl groups excluding tert-OH is 1. The summed E-state index contributed by atoms with van der Waals surface area (Å²) in [5, 5.41) is 9.74. The van der Waals surface area contributed by atoms with Crippen molar-refractivity contribution < 1.29 is 14.2 Å². The smallest absolute Gasteiger partial charge is 0.126 e. The van der Waals surface area contributed by atoms with Gasteiger partial charge in [0, 0.05) is 0 Å². The first-order valence-electron chi connectivity index (χ1n) is 6.25. The Bertz CT molecular complexity index is 178. The van der Waals surface area contributed by atoms with E-state index in [-0.39, 0.29) is 18.3 Å². The van der Waals surface area contributed by atoms with E-state index in [0.717, 1.165) is 44.9 Å². The highest BCUT2D eigenvalue weighted by Crippen LogP contribution is 2.29. The normalized spacial score (nSPS) is 42.8. The molecule has 0 amide bonds. The van der Waals surface area contributed by atoms with Crippen molar-refractivity contribution in [3.8, 4) is 0 Å². The van der Waals surface area contributed by atoms with Crippen LogP contribution >= 0.6 is 0 Å². The van der Waals surface area contributed by atoms with Crippen LogP contribution in [0.15, 0.2) is 0 Å². The first kappa shape index (κ1) is 11.3. The van der Waals surface area contributed by atoms with Gasteiger partial charge >= 0.3 is 0 Å². The number of ether oxygens (including phenoxy) is 1. The van der Waals surface area contributed by atoms with Crippen molar-refractivity contribution in [2.45, 2.75) is 75.9 Å². The van der Waals surface area contributed by atoms with Gasteiger partial charge in [-0.15, -0.1) is 0 Å². The van der Waals surface area contributed by atoms with Crippen LogP contribution in [-0.4, -0.2) is 29.6 Å². The molecule has 2 aliphatic carbocycles. The van der Waals surface area contributed by atoms with E-state index in [9.17, 15) is 9.50 Å². The van der Waals surface area contributed by atoms with Gasteiger partial charge in [0.2, 0.25) is 0 Å². The second-order valence-electron chi connectivity index (χ2n) is 4.87. The summed E-state index contributed by atoms with van der Waals surface area (Å²) < 4.78 is 19.3. The Hall–Kier alpha value is -0.150. The lowest BCUT2D eigenvalue weighted by Gasteiger charge is -2.34. The van der Waals surface area contributed by atoms with Gasteiger partial charge in [0.25, 0.3) is 0 Å². The molecule has 4 atom stereocenters. The zero-order valence-corrected chi connectivity index (χ0v) is 9.20. The molecule has 1 N–H and O–H groups in total. The molecule has 0 aromatic heterocycles. The molecule has 2 nitrogen and oxygen atoms in total. The average molecular weight is 216 g/mol. The second kappa shape index (κ2) is 5.26. The Morgan fingerprint density at radius 3 is 2.13 bits per heavy atom. The molecule has 0 aromatic rings. The highest BCUT2D eigenvalue weighted by atomic mass is 19.1. The number of hydrogen-bond acceptors (Lipinski definition) is 2. The predicted octanol–water partition coefficient (Wildman–Crippen LogP) is 2.59. The third-order valence-corrected chi connectivity index (χ3v) is 3.64. The molecule has 0 aromatic carbocycles. The zero-order valence-electron chi connectivity index (χ0n) is 9.20. The number of aliphatic hydroxyl groups is 1. The summed E-state index contributed by atoms with van der Waals surface area (Å²) in [5.74, 6) is 0. The van der Waals surface area contributed by atoms with Crippen molar-refractivity contribution in [2.24, 2.45) is 0 Å². The lowest BCUT2D eigenvalue weighted by molar-refractivity contribution is -0.124. The van der Waals surface area contributed by atoms with E-state index in [1.165, 1.54) is 0 Å². The second-order valence-corrected chi connectivity index (χ2v) is 4.87. The van der Waals surface area contributed by atoms with E-state index < -0.39 is 6.17 Å². The van der Waals surface area contributed by atoms with E-state index in [1.54, 1.807) is 0 Å². The minimum Gasteiger partial charge on any atom is -0.390 e. The molecule has 0 saturated heterocycles. The molecule has 3 heteroatoms. The Labute approximate surface area is 90.8 Å². The molecule has 15 heavy (non-hydrogen) atoms. The van der Waals surface area contributed by atoms with Gasteiger partial charge < -0.3 is 9.84 Å². The first-order valence-corrected chi connectivity index (χ1v) is 6.25. The minimum atomic E-state index is -0.812. The molecule has 0 unspecified atom stereocenters. The van der Waals surface area contributed by atoms with Crippen LogP contribution in [0.2, 0.25) is 0 Å². The van der Waals surface area contributed by atoms with Crippen molar-refractivity contribution in [3.63, 3.8) is 0 Å². The van der Waals surface area contributed by atoms with Gasteiger partial charge in [0.05, 0.1) is 18.3 Å². The molecule has 2 aliphatic rings. The van der Waals surface area contributed by atoms with Crippen LogP contribution in [-0.2, 0) is 4.74 Å². The monoisotopic (exact) mass is 216 g/mol. The van der Waals surface area contributed by atoms with E-state index in [2.05, 4.69) is 0 Å². The highest BCUT2D eigenvalue weighted by molar-refractivity contribution is 4.81. The van der Waals surface area contributed by atoms with Crippen LogP contribution in [0.5, 0.6) is 0 Å². The SMILES string of the molecule is O[C@H]1CCCC[C@@H]1O[C@@H]1CCCC[C@H]1F. The van der Waals surface area contributed by atoms with Crippen molar-refractivity contribution in [2.75, 3.05) is 0 Å². The van der Waals surface area contributed by atoms with Crippen LogP contribution in [0.4, 0.5) is 4.39 Å². The minimum absolute atomic E-state index is 0.111. The summed E-state index contributed by atoms with van der Waals surface area (Å²) >= 11 is 0. The van der Waals surface area contributed by atoms with Crippen LogP contribution in [0.3, 0.4) is 0 Å². The van der Waals surface area contributed by atoms with Gasteiger partial charge in [-0.2, -0.15) is 0 Å². The molecular weight excluding hydrogens is 195 g/mol. The summed E-state index contributed by atoms with van der Waals surface area (Å²) in [6.45, 7) is 0. The molecule has 2 saturated carbocycles. The molecule has 0 aliphatic heterocycles. The Morgan fingerprint density at radius 2 is 1.47 bits per heavy atom. The van der Waals surface area contributed by atoms with Crippen molar-refractivity contribution in [1.82, 2.24) is 0 Å². The maximum absolute atomic E-state index is 13.5. The molecular formula is C12H21FO2. The number of hydrogen-bond donors (Lipinski definition) is 1. The first-order chi connectivity index (χ1) is 7.27. The summed E-state index contributed by atoms with van der Waals surface area (Å²) in [7, 11) is 0. The average Bonchev–Trinajstić information content (AvgIpc) is 2.24. The maximum Gasteiger partial charge on any atom is 0.126 e. The van der Waals surface area contributed by atoms with Crippen molar-refractivity contribution in [3.05, 3.63) is 0 Å². The van der Waals surface area contributed by atoms with Crippen LogP contribution in [0, 0.1) is 0 Å². The fraction of sp³-hybridized carbons (Fsp3) is 1.00. The van der Waals surface area contributed by atoms with Crippen LogP contribution in [0.25, 0.3) is 0 Å². The lowest BCUT2D eigenvalue weighted by Crippen LogP contribution is -2.40. The largest absolute Gasteiger partial charge is 0.390 e. The zero-order chi connectivity index (χ0) is 10.7. The van der Waals surface area contributed by atoms with Gasteiger partial charge in [0.1, 0.15) is 6.17 Å². The summed E-state index contributed by atoms with van der Waals surface area (Å²) in [4.78, 5) is 0. The van der Waals surface area contributed by atoms with Gasteiger partial charge in [0.15, 0.2) is 0 Å². The molecule has 0 heterocycles. The molecule has 0 bridgehead atoms. The van der Waals surface area contributed by atoms with E-state index in [1.807, 2.05) is 0 Å². The molecule has 88 valence electrons. The van der Waals surface area contributed by atoms with Crippen molar-refractivity contribution in [1.29, 1.82) is 0 Å². The topological polar surface area (TPSA) is 29.5 Å². The standard InChI is InChI=1S/C12H21FO2/c13-9-5-1-3-7-11(9)15-12-8-4-2-6-10(12)14/h9-12,14H,1-8H2/t9-,10+,11-,12+/m1/s1. The molecule has 0 radical (unpaired) electrons. The highest BCUT2D eigenvalue weighted by Gasteiger charge is 2.31. The lowest BCUT2D eigenvalue weighted by atomic mass is 9.92. The number of halogens is 1. The Kier molecular flexibility index (Phi) is 3.98. The molecule has 2 rings (SSSR count). The van der Waals surface area contributed by atoms with Crippen LogP contribution in [0.1, 0.15) is 51.4 Å². The summed E-state index contributed by atoms with van der Waals surface area (Å²) in [6.07, 6.45) is 5.84. The van der Waals surface area contributed by atoms with Gasteiger partial charge in [-0.05, 0) is 25.7 Å². The third-order valence-electron chi connectivity index (χ3n) is 3.64. The van der Waals surface area contributed by atoms with Gasteiger partial charge in [-0.1, -0.05) is 25.7 Å². The van der Waals surface area contributed by atoms with E-state index in [4.69, 9.17) is 4.74 Å². The third kappa shape index (κ3) is 2.91. The van der Waals surface area contributed by atoms with Gasteiger partial charge in [-0.3, -0.25) is 0 Å².